The normalized spacial score (nSPS) is 26.2. The SMILES string of the molecule is COC1=C(F)C(F)(F)SC1(F)F. The minimum Gasteiger partial charge on any atom is -0.492 e. The third-order valence-electron chi connectivity index (χ3n) is 1.18. The zero-order valence-electron chi connectivity index (χ0n) is 5.71. The van der Waals surface area contributed by atoms with Gasteiger partial charge in [0, 0.05) is 11.8 Å². The molecule has 0 aliphatic carbocycles. The van der Waals surface area contributed by atoms with Crippen LogP contribution in [-0.2, 0) is 4.74 Å². The van der Waals surface area contributed by atoms with Crippen molar-refractivity contribution in [1.29, 1.82) is 0 Å². The zero-order chi connectivity index (χ0) is 9.57. The average molecular weight is 206 g/mol. The van der Waals surface area contributed by atoms with Crippen LogP contribution in [0.3, 0.4) is 0 Å². The van der Waals surface area contributed by atoms with E-state index >= 15 is 0 Å². The van der Waals surface area contributed by atoms with E-state index in [1.165, 1.54) is 0 Å². The standard InChI is InChI=1S/C5H3F5OS/c1-11-3-2(6)4(7,8)12-5(3,9)10/h1H3. The third kappa shape index (κ3) is 1.26. The molecule has 0 N–H and O–H groups in total. The highest BCUT2D eigenvalue weighted by Crippen LogP contribution is 2.57. The molecule has 1 nitrogen and oxygen atoms in total. The Balaban J connectivity index is 3.10. The van der Waals surface area contributed by atoms with Crippen LogP contribution < -0.4 is 0 Å². The molecule has 0 bridgehead atoms. The minimum absolute atomic E-state index is 0.713. The molecule has 0 aromatic rings. The first-order valence-electron chi connectivity index (χ1n) is 2.72. The summed E-state index contributed by atoms with van der Waals surface area (Å²) in [6, 6.07) is 0. The van der Waals surface area contributed by atoms with Crippen LogP contribution in [0.25, 0.3) is 0 Å². The van der Waals surface area contributed by atoms with Crippen molar-refractivity contribution in [2.24, 2.45) is 0 Å². The Morgan fingerprint density at radius 1 is 1.17 bits per heavy atom. The molecule has 0 aromatic carbocycles. The first kappa shape index (κ1) is 9.63. The van der Waals surface area contributed by atoms with Gasteiger partial charge < -0.3 is 4.74 Å². The largest absolute Gasteiger partial charge is 0.492 e. The molecule has 0 spiro atoms. The van der Waals surface area contributed by atoms with Crippen molar-refractivity contribution in [1.82, 2.24) is 0 Å². The first-order chi connectivity index (χ1) is 5.31. The number of hydrogen-bond donors (Lipinski definition) is 0. The van der Waals surface area contributed by atoms with Crippen LogP contribution in [0.5, 0.6) is 0 Å². The Morgan fingerprint density at radius 2 is 1.67 bits per heavy atom. The summed E-state index contributed by atoms with van der Waals surface area (Å²) in [5.41, 5.74) is 0. The van der Waals surface area contributed by atoms with Gasteiger partial charge in [-0.25, -0.2) is 4.39 Å². The molecular formula is C5H3F5OS. The number of methoxy groups -OCH3 is 1. The van der Waals surface area contributed by atoms with E-state index in [1.807, 2.05) is 0 Å². The van der Waals surface area contributed by atoms with Crippen LogP contribution in [0, 0.1) is 0 Å². The van der Waals surface area contributed by atoms with Crippen molar-refractivity contribution in [3.63, 3.8) is 0 Å². The highest BCUT2D eigenvalue weighted by molar-refractivity contribution is 8.02. The summed E-state index contributed by atoms with van der Waals surface area (Å²) in [7, 11) is 0.713. The smallest absolute Gasteiger partial charge is 0.358 e. The Morgan fingerprint density at radius 3 is 1.83 bits per heavy atom. The predicted molar refractivity (Wildman–Crippen MR) is 32.6 cm³/mol. The van der Waals surface area contributed by atoms with Gasteiger partial charge in [-0.3, -0.25) is 0 Å². The molecule has 1 heterocycles. The first-order valence-corrected chi connectivity index (χ1v) is 3.53. The van der Waals surface area contributed by atoms with Crippen molar-refractivity contribution in [3.05, 3.63) is 11.6 Å². The van der Waals surface area contributed by atoms with E-state index in [1.54, 1.807) is 0 Å². The molecule has 0 amide bonds. The molecule has 1 aliphatic heterocycles. The monoisotopic (exact) mass is 206 g/mol. The fourth-order valence-corrected chi connectivity index (χ4v) is 1.49. The van der Waals surface area contributed by atoms with Gasteiger partial charge in [-0.1, -0.05) is 0 Å². The highest BCUT2D eigenvalue weighted by atomic mass is 32.2. The summed E-state index contributed by atoms with van der Waals surface area (Å²) in [4.78, 5) is 0. The Bertz CT molecular complexity index is 236. The van der Waals surface area contributed by atoms with Crippen LogP contribution in [0.1, 0.15) is 0 Å². The number of thioether (sulfide) groups is 1. The lowest BCUT2D eigenvalue weighted by Crippen LogP contribution is -2.13. The maximum Gasteiger partial charge on any atom is 0.358 e. The van der Waals surface area contributed by atoms with Crippen molar-refractivity contribution in [2.75, 3.05) is 7.11 Å². The van der Waals surface area contributed by atoms with Crippen LogP contribution in [0.4, 0.5) is 22.0 Å². The van der Waals surface area contributed by atoms with E-state index in [0.717, 1.165) is 0 Å². The molecule has 0 unspecified atom stereocenters. The number of halogens is 5. The summed E-state index contributed by atoms with van der Waals surface area (Å²) in [5, 5.41) is -8.17. The second-order valence-electron chi connectivity index (χ2n) is 1.98. The van der Waals surface area contributed by atoms with Gasteiger partial charge in [0.25, 0.3) is 0 Å². The van der Waals surface area contributed by atoms with Gasteiger partial charge in [0.2, 0.25) is 11.6 Å². The number of hydrogen-bond acceptors (Lipinski definition) is 2. The summed E-state index contributed by atoms with van der Waals surface area (Å²) in [6.45, 7) is 0. The maximum atomic E-state index is 12.4. The van der Waals surface area contributed by atoms with Crippen molar-refractivity contribution >= 4 is 11.8 Å². The van der Waals surface area contributed by atoms with E-state index in [0.29, 0.717) is 7.11 Å². The minimum atomic E-state index is -4.19. The molecule has 0 radical (unpaired) electrons. The molecule has 0 atom stereocenters. The van der Waals surface area contributed by atoms with E-state index in [9.17, 15) is 22.0 Å². The summed E-state index contributed by atoms with van der Waals surface area (Å²) in [5.74, 6) is -3.81. The lowest BCUT2D eigenvalue weighted by molar-refractivity contribution is 0.0706. The van der Waals surface area contributed by atoms with Crippen LogP contribution in [0.2, 0.25) is 0 Å². The topological polar surface area (TPSA) is 9.23 Å². The zero-order valence-corrected chi connectivity index (χ0v) is 6.52. The van der Waals surface area contributed by atoms with Crippen LogP contribution >= 0.6 is 11.8 Å². The average Bonchev–Trinajstić information content (AvgIpc) is 1.98. The second-order valence-corrected chi connectivity index (χ2v) is 3.21. The molecule has 0 aromatic heterocycles. The van der Waals surface area contributed by atoms with Crippen LogP contribution in [0.15, 0.2) is 11.6 Å². The van der Waals surface area contributed by atoms with Gasteiger partial charge in [0.05, 0.1) is 7.11 Å². The van der Waals surface area contributed by atoms with Gasteiger partial charge in [0.15, 0.2) is 0 Å². The molecule has 0 fully saturated rings. The van der Waals surface area contributed by atoms with E-state index < -0.39 is 33.9 Å². The van der Waals surface area contributed by atoms with Crippen molar-refractivity contribution in [2.45, 2.75) is 10.5 Å². The lowest BCUT2D eigenvalue weighted by Gasteiger charge is -2.10. The number of ether oxygens (including phenoxy) is 1. The molecule has 1 aliphatic rings. The van der Waals surface area contributed by atoms with Gasteiger partial charge in [-0.05, 0) is 0 Å². The van der Waals surface area contributed by atoms with Crippen molar-refractivity contribution < 1.29 is 26.7 Å². The summed E-state index contributed by atoms with van der Waals surface area (Å²) < 4.78 is 65.5. The van der Waals surface area contributed by atoms with Gasteiger partial charge >= 0.3 is 10.5 Å². The Hall–Kier alpha value is -0.460. The van der Waals surface area contributed by atoms with Gasteiger partial charge in [-0.15, -0.1) is 0 Å². The second kappa shape index (κ2) is 2.51. The molecule has 1 rings (SSSR count). The Labute approximate surface area is 68.6 Å². The Kier molecular flexibility index (Phi) is 2.02. The molecule has 0 saturated heterocycles. The maximum absolute atomic E-state index is 12.4. The molecule has 7 heteroatoms. The summed E-state index contributed by atoms with van der Waals surface area (Å²) >= 11 is -1.07. The van der Waals surface area contributed by atoms with Crippen LogP contribution in [-0.4, -0.2) is 17.6 Å². The highest BCUT2D eigenvalue weighted by Gasteiger charge is 2.61. The molecule has 12 heavy (non-hydrogen) atoms. The van der Waals surface area contributed by atoms with Crippen molar-refractivity contribution in [3.8, 4) is 0 Å². The predicted octanol–water partition coefficient (Wildman–Crippen LogP) is 2.75. The molecule has 0 saturated carbocycles. The van der Waals surface area contributed by atoms with E-state index in [-0.39, 0.29) is 0 Å². The quantitative estimate of drug-likeness (QED) is 0.610. The van der Waals surface area contributed by atoms with Gasteiger partial charge in [0.1, 0.15) is 0 Å². The fourth-order valence-electron chi connectivity index (χ4n) is 0.720. The lowest BCUT2D eigenvalue weighted by atomic mass is 10.4. The molecular weight excluding hydrogens is 203 g/mol. The number of alkyl halides is 4. The third-order valence-corrected chi connectivity index (χ3v) is 2.06. The fraction of sp³-hybridized carbons (Fsp3) is 0.600. The molecule has 70 valence electrons. The van der Waals surface area contributed by atoms with E-state index in [2.05, 4.69) is 4.74 Å². The van der Waals surface area contributed by atoms with E-state index in [4.69, 9.17) is 0 Å². The number of rotatable bonds is 1. The summed E-state index contributed by atoms with van der Waals surface area (Å²) in [6.07, 6.45) is 0. The van der Waals surface area contributed by atoms with Gasteiger partial charge in [-0.2, -0.15) is 17.6 Å².